The zero-order valence-corrected chi connectivity index (χ0v) is 15.8. The molecule has 5 nitrogen and oxygen atoms in total. The molecule has 3 rings (SSSR count). The number of anilines is 2. The molecule has 3 aromatic rings. The van der Waals surface area contributed by atoms with Crippen LogP contribution < -0.4 is 13.8 Å². The van der Waals surface area contributed by atoms with Crippen molar-refractivity contribution < 1.29 is 4.74 Å². The van der Waals surface area contributed by atoms with E-state index in [1.165, 1.54) is 3.80 Å². The molecule has 0 atom stereocenters. The van der Waals surface area contributed by atoms with Gasteiger partial charge in [0.2, 0.25) is 0 Å². The quantitative estimate of drug-likeness (QED) is 0.682. The number of hydrogen-bond donors (Lipinski definition) is 1. The SMILES string of the molecule is COc1cccc(Nc2nccc(-c3sc([As]C)nc3C)n2)c1. The van der Waals surface area contributed by atoms with Gasteiger partial charge in [-0.3, -0.25) is 0 Å². The molecule has 1 radical (unpaired) electrons. The van der Waals surface area contributed by atoms with Gasteiger partial charge in [-0.15, -0.1) is 0 Å². The number of aryl methyl sites for hydroxylation is 1. The molecular formula is C16H16AsN4OS. The fourth-order valence-electron chi connectivity index (χ4n) is 2.09. The molecular weight excluding hydrogens is 371 g/mol. The Morgan fingerprint density at radius 2 is 2.09 bits per heavy atom. The monoisotopic (exact) mass is 387 g/mol. The van der Waals surface area contributed by atoms with Gasteiger partial charge >= 0.3 is 146 Å². The number of nitrogens with one attached hydrogen (secondary N) is 1. The molecule has 2 aromatic heterocycles. The number of rotatable bonds is 5. The van der Waals surface area contributed by atoms with Crippen LogP contribution in [0.2, 0.25) is 5.71 Å². The van der Waals surface area contributed by atoms with Gasteiger partial charge in [-0.2, -0.15) is 0 Å². The topological polar surface area (TPSA) is 59.9 Å². The van der Waals surface area contributed by atoms with E-state index in [1.807, 2.05) is 37.3 Å². The predicted octanol–water partition coefficient (Wildman–Crippen LogP) is 3.04. The van der Waals surface area contributed by atoms with Crippen molar-refractivity contribution in [2.75, 3.05) is 12.4 Å². The van der Waals surface area contributed by atoms with Crippen molar-refractivity contribution in [2.45, 2.75) is 12.6 Å². The third-order valence-electron chi connectivity index (χ3n) is 3.19. The van der Waals surface area contributed by atoms with Crippen LogP contribution in [0.3, 0.4) is 0 Å². The van der Waals surface area contributed by atoms with Crippen molar-refractivity contribution >= 4 is 42.5 Å². The first-order valence-electron chi connectivity index (χ1n) is 7.01. The van der Waals surface area contributed by atoms with E-state index in [9.17, 15) is 0 Å². The third-order valence-corrected chi connectivity index (χ3v) is 6.71. The van der Waals surface area contributed by atoms with Crippen molar-refractivity contribution in [3.8, 4) is 16.3 Å². The van der Waals surface area contributed by atoms with Crippen LogP contribution in [-0.2, 0) is 0 Å². The number of nitrogens with zero attached hydrogens (tertiary/aromatic N) is 3. The Balaban J connectivity index is 1.88. The van der Waals surface area contributed by atoms with Crippen molar-refractivity contribution in [1.29, 1.82) is 0 Å². The number of aromatic nitrogens is 3. The Morgan fingerprint density at radius 3 is 2.83 bits per heavy atom. The summed E-state index contributed by atoms with van der Waals surface area (Å²) in [6, 6.07) is 9.61. The second-order valence-electron chi connectivity index (χ2n) is 4.76. The molecule has 0 spiro atoms. The first-order chi connectivity index (χ1) is 11.2. The van der Waals surface area contributed by atoms with Gasteiger partial charge in [0.15, 0.2) is 0 Å². The van der Waals surface area contributed by atoms with Crippen LogP contribution in [0.4, 0.5) is 11.6 Å². The summed E-state index contributed by atoms with van der Waals surface area (Å²) in [5, 5.41) is 3.22. The fourth-order valence-corrected chi connectivity index (χ4v) is 4.63. The molecule has 1 aromatic carbocycles. The van der Waals surface area contributed by atoms with Crippen LogP contribution in [0.1, 0.15) is 5.69 Å². The Labute approximate surface area is 145 Å². The Kier molecular flexibility index (Phi) is 4.93. The molecule has 0 unspecified atom stereocenters. The van der Waals surface area contributed by atoms with E-state index in [0.717, 1.165) is 27.7 Å². The van der Waals surface area contributed by atoms with E-state index in [0.29, 0.717) is 5.95 Å². The van der Waals surface area contributed by atoms with Gasteiger partial charge in [0, 0.05) is 0 Å². The van der Waals surface area contributed by atoms with Gasteiger partial charge in [0.1, 0.15) is 0 Å². The third kappa shape index (κ3) is 3.71. The molecule has 0 saturated carbocycles. The van der Waals surface area contributed by atoms with Crippen molar-refractivity contribution in [3.63, 3.8) is 0 Å². The van der Waals surface area contributed by atoms with E-state index in [-0.39, 0.29) is 15.8 Å². The van der Waals surface area contributed by atoms with E-state index in [4.69, 9.17) is 4.74 Å². The van der Waals surface area contributed by atoms with Crippen molar-refractivity contribution in [2.24, 2.45) is 0 Å². The summed E-state index contributed by atoms with van der Waals surface area (Å²) in [5.74, 6) is 1.36. The molecule has 0 fully saturated rings. The van der Waals surface area contributed by atoms with Crippen LogP contribution in [0.25, 0.3) is 10.6 Å². The van der Waals surface area contributed by atoms with Gasteiger partial charge < -0.3 is 0 Å². The number of thiazole rings is 1. The summed E-state index contributed by atoms with van der Waals surface area (Å²) in [6.07, 6.45) is 1.77. The molecule has 0 aliphatic heterocycles. The van der Waals surface area contributed by atoms with Crippen LogP contribution in [0.15, 0.2) is 36.5 Å². The van der Waals surface area contributed by atoms with E-state index in [2.05, 4.69) is 26.0 Å². The summed E-state index contributed by atoms with van der Waals surface area (Å²) in [4.78, 5) is 14.6. The van der Waals surface area contributed by atoms with E-state index in [1.54, 1.807) is 24.6 Å². The standard InChI is InChI=1S/C16H16AsN4OS/c1-10-14(23-15(17-2)19-10)13-7-8-18-16(21-13)20-11-5-4-6-12(9-11)22-3/h4-9H,1-3H3,(H,18,20,21). The van der Waals surface area contributed by atoms with Gasteiger partial charge in [0.25, 0.3) is 0 Å². The first kappa shape index (κ1) is 16.0. The number of hydrogen-bond acceptors (Lipinski definition) is 6. The normalized spacial score (nSPS) is 11.1. The van der Waals surface area contributed by atoms with Gasteiger partial charge in [-0.25, -0.2) is 0 Å². The number of methoxy groups -OCH3 is 1. The Bertz CT molecular complexity index is 821. The average Bonchev–Trinajstić information content (AvgIpc) is 2.96. The zero-order valence-electron chi connectivity index (χ0n) is 13.1. The van der Waals surface area contributed by atoms with Gasteiger partial charge in [-0.1, -0.05) is 0 Å². The number of ether oxygens (including phenoxy) is 1. The summed E-state index contributed by atoms with van der Waals surface area (Å²) >= 11 is 1.87. The minimum absolute atomic E-state index is 0.140. The van der Waals surface area contributed by atoms with Gasteiger partial charge in [0.05, 0.1) is 0 Å². The van der Waals surface area contributed by atoms with Crippen molar-refractivity contribution in [1.82, 2.24) is 15.0 Å². The molecule has 0 saturated heterocycles. The first-order valence-corrected chi connectivity index (χ1v) is 10.6. The zero-order chi connectivity index (χ0) is 16.2. The van der Waals surface area contributed by atoms with Crippen molar-refractivity contribution in [3.05, 3.63) is 42.2 Å². The molecule has 1 N–H and O–H groups in total. The molecule has 23 heavy (non-hydrogen) atoms. The molecule has 2 heterocycles. The van der Waals surface area contributed by atoms with Crippen LogP contribution in [0.5, 0.6) is 5.75 Å². The Hall–Kier alpha value is -1.91. The summed E-state index contributed by atoms with van der Waals surface area (Å²) in [7, 11) is 1.65. The molecule has 117 valence electrons. The second kappa shape index (κ2) is 7.11. The van der Waals surface area contributed by atoms with Crippen LogP contribution in [0, 0.1) is 6.92 Å². The second-order valence-corrected chi connectivity index (χ2v) is 8.24. The predicted molar refractivity (Wildman–Crippen MR) is 95.4 cm³/mol. The summed E-state index contributed by atoms with van der Waals surface area (Å²) < 4.78 is 6.45. The molecule has 0 amide bonds. The van der Waals surface area contributed by atoms with E-state index >= 15 is 0 Å². The average molecular weight is 387 g/mol. The Morgan fingerprint density at radius 1 is 1.22 bits per heavy atom. The van der Waals surface area contributed by atoms with Crippen LogP contribution >= 0.6 is 11.3 Å². The number of benzene rings is 1. The van der Waals surface area contributed by atoms with E-state index < -0.39 is 0 Å². The maximum absolute atomic E-state index is 5.23. The fraction of sp³-hybridized carbons (Fsp3) is 0.188. The molecule has 0 aliphatic rings. The minimum atomic E-state index is 0.140. The molecule has 7 heteroatoms. The van der Waals surface area contributed by atoms with Gasteiger partial charge in [-0.05, 0) is 0 Å². The maximum atomic E-state index is 5.23. The molecule has 0 aliphatic carbocycles. The molecule has 0 bridgehead atoms. The summed E-state index contributed by atoms with van der Waals surface area (Å²) in [5.41, 5.74) is 5.03. The summed E-state index contributed by atoms with van der Waals surface area (Å²) in [6.45, 7) is 2.03. The van der Waals surface area contributed by atoms with Crippen LogP contribution in [-0.4, -0.2) is 37.8 Å².